The van der Waals surface area contributed by atoms with E-state index in [0.29, 0.717) is 6.04 Å². The highest BCUT2D eigenvalue weighted by Gasteiger charge is 2.21. The van der Waals surface area contributed by atoms with E-state index in [2.05, 4.69) is 27.2 Å². The van der Waals surface area contributed by atoms with E-state index in [1.54, 1.807) is 11.3 Å². The Bertz CT molecular complexity index is 329. The molecule has 3 N–H and O–H groups in total. The predicted octanol–water partition coefficient (Wildman–Crippen LogP) is 1.16. The van der Waals surface area contributed by atoms with Crippen LogP contribution in [0.2, 0.25) is 0 Å². The van der Waals surface area contributed by atoms with E-state index >= 15 is 0 Å². The minimum atomic E-state index is 0.487. The fourth-order valence-corrected chi connectivity index (χ4v) is 2.01. The minimum Gasteiger partial charge on any atom is -0.341 e. The quantitative estimate of drug-likeness (QED) is 0.351. The Balaban J connectivity index is 1.95. The van der Waals surface area contributed by atoms with Crippen LogP contribution in [0.15, 0.2) is 21.8 Å². The molecule has 0 radical (unpaired) electrons. The molecule has 0 amide bonds. The molecule has 5 heteroatoms. The second-order valence-electron chi connectivity index (χ2n) is 3.82. The molecule has 1 saturated carbocycles. The van der Waals surface area contributed by atoms with Gasteiger partial charge in [-0.25, -0.2) is 10.8 Å². The zero-order valence-corrected chi connectivity index (χ0v) is 9.63. The van der Waals surface area contributed by atoms with Gasteiger partial charge in [0, 0.05) is 13.6 Å². The molecule has 1 fully saturated rings. The van der Waals surface area contributed by atoms with E-state index in [-0.39, 0.29) is 0 Å². The lowest BCUT2D eigenvalue weighted by atomic mass is 10.3. The van der Waals surface area contributed by atoms with Gasteiger partial charge in [0.1, 0.15) is 0 Å². The van der Waals surface area contributed by atoms with Crippen molar-refractivity contribution in [3.8, 4) is 0 Å². The van der Waals surface area contributed by atoms with E-state index in [9.17, 15) is 0 Å². The van der Waals surface area contributed by atoms with Crippen molar-refractivity contribution in [3.05, 3.63) is 22.4 Å². The van der Waals surface area contributed by atoms with Crippen LogP contribution in [-0.4, -0.2) is 23.9 Å². The molecular formula is C10H16N4S. The second kappa shape index (κ2) is 4.63. The highest BCUT2D eigenvalue weighted by Crippen LogP contribution is 2.23. The van der Waals surface area contributed by atoms with E-state index < -0.39 is 0 Å². The summed E-state index contributed by atoms with van der Waals surface area (Å²) in [5.74, 6) is 6.24. The summed E-state index contributed by atoms with van der Waals surface area (Å²) in [6.07, 6.45) is 2.38. The van der Waals surface area contributed by atoms with Crippen LogP contribution >= 0.6 is 11.3 Å². The monoisotopic (exact) mass is 224 g/mol. The maximum atomic E-state index is 5.46. The first kappa shape index (κ1) is 10.4. The molecule has 15 heavy (non-hydrogen) atoms. The molecule has 0 unspecified atom stereocenters. The van der Waals surface area contributed by atoms with E-state index in [1.165, 1.54) is 18.4 Å². The number of nitrogens with zero attached hydrogens (tertiary/aromatic N) is 2. The Morgan fingerprint density at radius 1 is 1.73 bits per heavy atom. The predicted molar refractivity (Wildman–Crippen MR) is 63.6 cm³/mol. The normalized spacial score (nSPS) is 16.5. The molecule has 1 aliphatic rings. The van der Waals surface area contributed by atoms with Crippen molar-refractivity contribution < 1.29 is 0 Å². The Morgan fingerprint density at radius 3 is 3.07 bits per heavy atom. The van der Waals surface area contributed by atoms with Gasteiger partial charge in [0.15, 0.2) is 0 Å². The molecule has 0 saturated heterocycles. The van der Waals surface area contributed by atoms with E-state index in [4.69, 9.17) is 5.84 Å². The summed E-state index contributed by atoms with van der Waals surface area (Å²) in [7, 11) is 2.00. The number of rotatable bonds is 3. The van der Waals surface area contributed by atoms with Gasteiger partial charge >= 0.3 is 0 Å². The molecule has 0 spiro atoms. The Labute approximate surface area is 93.8 Å². The van der Waals surface area contributed by atoms with Gasteiger partial charge in [-0.2, -0.15) is 11.3 Å². The number of thiophene rings is 1. The topological polar surface area (TPSA) is 53.6 Å². The third-order valence-electron chi connectivity index (χ3n) is 2.34. The first-order valence-electron chi connectivity index (χ1n) is 5.06. The number of aliphatic imine (C=N–C) groups is 1. The van der Waals surface area contributed by atoms with Crippen LogP contribution in [0.25, 0.3) is 0 Å². The third kappa shape index (κ3) is 2.94. The summed E-state index contributed by atoms with van der Waals surface area (Å²) in [6.45, 7) is 0.846. The van der Waals surface area contributed by atoms with Gasteiger partial charge in [-0.1, -0.05) is 0 Å². The van der Waals surface area contributed by atoms with Crippen LogP contribution in [-0.2, 0) is 6.54 Å². The number of nitrogens with two attached hydrogens (primary N) is 1. The molecule has 1 aromatic rings. The molecule has 2 rings (SSSR count). The zero-order chi connectivity index (χ0) is 10.7. The summed E-state index contributed by atoms with van der Waals surface area (Å²) in [6, 6.07) is 2.60. The van der Waals surface area contributed by atoms with Crippen molar-refractivity contribution >= 4 is 17.3 Å². The molecule has 1 aromatic heterocycles. The molecule has 0 aromatic carbocycles. The Hall–Kier alpha value is -1.07. The molecule has 4 nitrogen and oxygen atoms in total. The average Bonchev–Trinajstić information content (AvgIpc) is 2.91. The summed E-state index contributed by atoms with van der Waals surface area (Å²) in [5.41, 5.74) is 3.96. The van der Waals surface area contributed by atoms with Crippen molar-refractivity contribution in [3.63, 3.8) is 0 Å². The van der Waals surface area contributed by atoms with E-state index in [1.807, 2.05) is 11.9 Å². The van der Waals surface area contributed by atoms with Crippen molar-refractivity contribution in [2.45, 2.75) is 25.4 Å². The van der Waals surface area contributed by atoms with Crippen LogP contribution in [0.1, 0.15) is 18.4 Å². The number of hydrogen-bond acceptors (Lipinski definition) is 3. The lowest BCUT2D eigenvalue weighted by Gasteiger charge is -2.19. The maximum Gasteiger partial charge on any atom is 0.208 e. The van der Waals surface area contributed by atoms with Crippen molar-refractivity contribution in [2.75, 3.05) is 7.05 Å². The number of nitrogens with one attached hydrogen (secondary N) is 1. The number of hydrazine groups is 1. The standard InChI is InChI=1S/C10H16N4S/c1-14(6-8-4-5-15-7-8)10(13-11)12-9-2-3-9/h4-5,7,9H,2-3,6,11H2,1H3,(H,12,13). The SMILES string of the molecule is CN(Cc1ccsc1)C(=NC1CC1)NN. The summed E-state index contributed by atoms with van der Waals surface area (Å²) in [4.78, 5) is 6.54. The summed E-state index contributed by atoms with van der Waals surface area (Å²) >= 11 is 1.71. The number of guanidine groups is 1. The van der Waals surface area contributed by atoms with Crippen molar-refractivity contribution in [2.24, 2.45) is 10.8 Å². The molecule has 0 atom stereocenters. The summed E-state index contributed by atoms with van der Waals surface area (Å²) in [5, 5.41) is 4.22. The lowest BCUT2D eigenvalue weighted by Crippen LogP contribution is -2.42. The first-order valence-corrected chi connectivity index (χ1v) is 6.00. The largest absolute Gasteiger partial charge is 0.341 e. The Kier molecular flexibility index (Phi) is 3.23. The highest BCUT2D eigenvalue weighted by atomic mass is 32.1. The van der Waals surface area contributed by atoms with Crippen LogP contribution in [0.4, 0.5) is 0 Å². The smallest absolute Gasteiger partial charge is 0.208 e. The van der Waals surface area contributed by atoms with Crippen molar-refractivity contribution in [1.82, 2.24) is 10.3 Å². The fraction of sp³-hybridized carbons (Fsp3) is 0.500. The van der Waals surface area contributed by atoms with Gasteiger partial charge in [0.2, 0.25) is 5.96 Å². The molecule has 1 aliphatic carbocycles. The first-order chi connectivity index (χ1) is 7.29. The molecule has 82 valence electrons. The maximum absolute atomic E-state index is 5.46. The van der Waals surface area contributed by atoms with Gasteiger partial charge in [-0.05, 0) is 35.2 Å². The highest BCUT2D eigenvalue weighted by molar-refractivity contribution is 7.07. The van der Waals surface area contributed by atoms with Crippen molar-refractivity contribution in [1.29, 1.82) is 0 Å². The third-order valence-corrected chi connectivity index (χ3v) is 3.07. The summed E-state index contributed by atoms with van der Waals surface area (Å²) < 4.78 is 0. The van der Waals surface area contributed by atoms with Crippen LogP contribution < -0.4 is 11.3 Å². The minimum absolute atomic E-state index is 0.487. The van der Waals surface area contributed by atoms with Gasteiger partial charge in [0.25, 0.3) is 0 Å². The lowest BCUT2D eigenvalue weighted by molar-refractivity contribution is 0.477. The molecular weight excluding hydrogens is 208 g/mol. The van der Waals surface area contributed by atoms with Gasteiger partial charge < -0.3 is 4.90 Å². The van der Waals surface area contributed by atoms with Gasteiger partial charge in [-0.15, -0.1) is 0 Å². The zero-order valence-electron chi connectivity index (χ0n) is 8.81. The Morgan fingerprint density at radius 2 is 2.53 bits per heavy atom. The average molecular weight is 224 g/mol. The molecule has 0 bridgehead atoms. The van der Waals surface area contributed by atoms with Gasteiger partial charge in [0.05, 0.1) is 6.04 Å². The fourth-order valence-electron chi connectivity index (χ4n) is 1.35. The van der Waals surface area contributed by atoms with E-state index in [0.717, 1.165) is 12.5 Å². The molecule has 0 aliphatic heterocycles. The molecule has 1 heterocycles. The number of hydrogen-bond donors (Lipinski definition) is 2. The van der Waals surface area contributed by atoms with Crippen LogP contribution in [0, 0.1) is 0 Å². The van der Waals surface area contributed by atoms with Gasteiger partial charge in [-0.3, -0.25) is 5.43 Å². The van der Waals surface area contributed by atoms with Crippen LogP contribution in [0.5, 0.6) is 0 Å². The second-order valence-corrected chi connectivity index (χ2v) is 4.60. The van der Waals surface area contributed by atoms with Crippen LogP contribution in [0.3, 0.4) is 0 Å².